The SMILES string of the molecule is CC1=C(C(=O)OC(C)C)C(c2nc(Cl)c(Cl)[nH]2)C(C(=O)OC(C)C)=C(C)N1. The van der Waals surface area contributed by atoms with Crippen molar-refractivity contribution in [2.24, 2.45) is 0 Å². The quantitative estimate of drug-likeness (QED) is 0.709. The number of aromatic nitrogens is 2. The molecule has 2 rings (SSSR count). The number of nitrogens with zero attached hydrogens (tertiary/aromatic N) is 1. The molecule has 7 nitrogen and oxygen atoms in total. The maximum atomic E-state index is 12.8. The fourth-order valence-electron chi connectivity index (χ4n) is 2.85. The molecule has 0 saturated carbocycles. The number of carbonyl (C=O) groups excluding carboxylic acids is 2. The first-order valence-corrected chi connectivity index (χ1v) is 9.29. The average Bonchev–Trinajstić information content (AvgIpc) is 2.83. The minimum absolute atomic E-state index is 0.0497. The molecule has 27 heavy (non-hydrogen) atoms. The number of allylic oxidation sites excluding steroid dienone is 2. The third-order valence-corrected chi connectivity index (χ3v) is 4.44. The maximum Gasteiger partial charge on any atom is 0.337 e. The fraction of sp³-hybridized carbons (Fsp3) is 0.500. The number of imidazole rings is 1. The summed E-state index contributed by atoms with van der Waals surface area (Å²) in [4.78, 5) is 32.6. The van der Waals surface area contributed by atoms with Gasteiger partial charge < -0.3 is 19.8 Å². The summed E-state index contributed by atoms with van der Waals surface area (Å²) in [6.45, 7) is 10.4. The minimum Gasteiger partial charge on any atom is -0.460 e. The summed E-state index contributed by atoms with van der Waals surface area (Å²) in [5.74, 6) is -1.72. The van der Waals surface area contributed by atoms with Crippen molar-refractivity contribution in [2.75, 3.05) is 0 Å². The molecule has 1 aromatic heterocycles. The van der Waals surface area contributed by atoms with Crippen LogP contribution in [-0.2, 0) is 19.1 Å². The topological polar surface area (TPSA) is 93.3 Å². The monoisotopic (exact) mass is 415 g/mol. The Bertz CT molecular complexity index is 761. The smallest absolute Gasteiger partial charge is 0.337 e. The Hall–Kier alpha value is -1.99. The fourth-order valence-corrected chi connectivity index (χ4v) is 3.12. The molecule has 0 radical (unpaired) electrons. The van der Waals surface area contributed by atoms with Gasteiger partial charge in [-0.3, -0.25) is 0 Å². The number of H-pyrrole nitrogens is 1. The molecule has 0 atom stereocenters. The van der Waals surface area contributed by atoms with E-state index in [1.54, 1.807) is 41.5 Å². The summed E-state index contributed by atoms with van der Waals surface area (Å²) in [7, 11) is 0. The number of esters is 2. The zero-order chi connectivity index (χ0) is 20.5. The van der Waals surface area contributed by atoms with Gasteiger partial charge in [-0.05, 0) is 41.5 Å². The molecule has 2 heterocycles. The Morgan fingerprint density at radius 2 is 1.41 bits per heavy atom. The predicted molar refractivity (Wildman–Crippen MR) is 102 cm³/mol. The van der Waals surface area contributed by atoms with E-state index in [2.05, 4.69) is 15.3 Å². The van der Waals surface area contributed by atoms with E-state index < -0.39 is 17.9 Å². The van der Waals surface area contributed by atoms with Gasteiger partial charge in [-0.25, -0.2) is 14.6 Å². The number of rotatable bonds is 5. The number of dihydropyridines is 1. The number of nitrogens with one attached hydrogen (secondary N) is 2. The lowest BCUT2D eigenvalue weighted by Crippen LogP contribution is -2.34. The summed E-state index contributed by atoms with van der Waals surface area (Å²) in [6, 6.07) is 0. The lowest BCUT2D eigenvalue weighted by atomic mass is 9.84. The third kappa shape index (κ3) is 4.65. The van der Waals surface area contributed by atoms with Crippen LogP contribution in [-0.4, -0.2) is 34.1 Å². The molecular weight excluding hydrogens is 393 g/mol. The highest BCUT2D eigenvalue weighted by atomic mass is 35.5. The third-order valence-electron chi connectivity index (χ3n) is 3.80. The second kappa shape index (κ2) is 8.35. The van der Waals surface area contributed by atoms with Crippen LogP contribution in [0, 0.1) is 0 Å². The van der Waals surface area contributed by atoms with Crippen LogP contribution in [0.1, 0.15) is 53.3 Å². The van der Waals surface area contributed by atoms with E-state index in [-0.39, 0.29) is 39.5 Å². The molecule has 0 bridgehead atoms. The number of hydrogen-bond acceptors (Lipinski definition) is 6. The van der Waals surface area contributed by atoms with E-state index in [4.69, 9.17) is 32.7 Å². The van der Waals surface area contributed by atoms with Gasteiger partial charge in [0.25, 0.3) is 0 Å². The molecule has 0 fully saturated rings. The largest absolute Gasteiger partial charge is 0.460 e. The summed E-state index contributed by atoms with van der Waals surface area (Å²) in [5, 5.41) is 3.23. The first-order chi connectivity index (χ1) is 12.5. The lowest BCUT2D eigenvalue weighted by molar-refractivity contribution is -0.143. The number of carbonyl (C=O) groups is 2. The number of hydrogen-bond donors (Lipinski definition) is 2. The highest BCUT2D eigenvalue weighted by Crippen LogP contribution is 2.39. The highest BCUT2D eigenvalue weighted by molar-refractivity contribution is 6.40. The van der Waals surface area contributed by atoms with Gasteiger partial charge in [0, 0.05) is 11.4 Å². The standard InChI is InChI=1S/C18H23Cl2N3O4/c1-7(2)26-17(24)11-9(5)21-10(6)12(18(25)27-8(3)4)13(11)16-22-14(19)15(20)23-16/h7-8,13,21H,1-6H3,(H,22,23). The van der Waals surface area contributed by atoms with Crippen molar-refractivity contribution >= 4 is 35.1 Å². The van der Waals surface area contributed by atoms with Crippen LogP contribution >= 0.6 is 23.2 Å². The highest BCUT2D eigenvalue weighted by Gasteiger charge is 2.40. The van der Waals surface area contributed by atoms with Crippen LogP contribution in [0.4, 0.5) is 0 Å². The van der Waals surface area contributed by atoms with Crippen molar-refractivity contribution in [1.82, 2.24) is 15.3 Å². The van der Waals surface area contributed by atoms with Gasteiger partial charge in [0.15, 0.2) is 5.15 Å². The van der Waals surface area contributed by atoms with Crippen molar-refractivity contribution in [1.29, 1.82) is 0 Å². The Balaban J connectivity index is 2.62. The normalized spacial score (nSPS) is 15.5. The van der Waals surface area contributed by atoms with Crippen LogP contribution in [0.25, 0.3) is 0 Å². The lowest BCUT2D eigenvalue weighted by Gasteiger charge is -2.29. The molecule has 1 aliphatic heterocycles. The molecule has 0 spiro atoms. The van der Waals surface area contributed by atoms with E-state index in [0.717, 1.165) is 0 Å². The van der Waals surface area contributed by atoms with E-state index in [1.807, 2.05) is 0 Å². The molecule has 0 aromatic carbocycles. The maximum absolute atomic E-state index is 12.8. The second-order valence-corrected chi connectivity index (χ2v) is 7.51. The zero-order valence-electron chi connectivity index (χ0n) is 16.1. The Kier molecular flexibility index (Phi) is 6.59. The van der Waals surface area contributed by atoms with E-state index in [1.165, 1.54) is 0 Å². The zero-order valence-corrected chi connectivity index (χ0v) is 17.6. The molecule has 0 aliphatic carbocycles. The van der Waals surface area contributed by atoms with Crippen LogP contribution in [0.5, 0.6) is 0 Å². The summed E-state index contributed by atoms with van der Waals surface area (Å²) >= 11 is 12.0. The minimum atomic E-state index is -0.853. The van der Waals surface area contributed by atoms with Crippen molar-refractivity contribution in [3.05, 3.63) is 38.7 Å². The van der Waals surface area contributed by atoms with Crippen molar-refractivity contribution in [2.45, 2.75) is 59.7 Å². The first-order valence-electron chi connectivity index (χ1n) is 8.54. The number of ether oxygens (including phenoxy) is 2. The van der Waals surface area contributed by atoms with E-state index in [9.17, 15) is 9.59 Å². The van der Waals surface area contributed by atoms with Crippen molar-refractivity contribution in [3.63, 3.8) is 0 Å². The van der Waals surface area contributed by atoms with Crippen LogP contribution in [0.15, 0.2) is 22.5 Å². The van der Waals surface area contributed by atoms with Crippen LogP contribution in [0.3, 0.4) is 0 Å². The first kappa shape index (κ1) is 21.3. The molecule has 1 aliphatic rings. The van der Waals surface area contributed by atoms with Gasteiger partial charge in [-0.2, -0.15) is 0 Å². The molecule has 148 valence electrons. The van der Waals surface area contributed by atoms with Gasteiger partial charge in [-0.1, -0.05) is 23.2 Å². The van der Waals surface area contributed by atoms with Gasteiger partial charge in [0.2, 0.25) is 0 Å². The molecular formula is C18H23Cl2N3O4. The summed E-state index contributed by atoms with van der Waals surface area (Å²) in [6.07, 6.45) is -0.666. The Morgan fingerprint density at radius 3 is 1.74 bits per heavy atom. The molecule has 0 unspecified atom stereocenters. The molecule has 9 heteroatoms. The molecule has 0 saturated heterocycles. The molecule has 0 amide bonds. The van der Waals surface area contributed by atoms with Crippen LogP contribution < -0.4 is 5.32 Å². The van der Waals surface area contributed by atoms with Gasteiger partial charge in [0.05, 0.1) is 29.3 Å². The van der Waals surface area contributed by atoms with Crippen molar-refractivity contribution in [3.8, 4) is 0 Å². The van der Waals surface area contributed by atoms with Gasteiger partial charge in [0.1, 0.15) is 11.0 Å². The number of halogens is 2. The predicted octanol–water partition coefficient (Wildman–Crippen LogP) is 3.85. The molecule has 2 N–H and O–H groups in total. The summed E-state index contributed by atoms with van der Waals surface area (Å²) < 4.78 is 10.7. The van der Waals surface area contributed by atoms with Gasteiger partial charge in [-0.15, -0.1) is 0 Å². The van der Waals surface area contributed by atoms with Gasteiger partial charge >= 0.3 is 11.9 Å². The van der Waals surface area contributed by atoms with E-state index >= 15 is 0 Å². The Labute approximate surface area is 168 Å². The van der Waals surface area contributed by atoms with Crippen LogP contribution in [0.2, 0.25) is 10.3 Å². The summed E-state index contributed by atoms with van der Waals surface area (Å²) in [5.41, 5.74) is 1.58. The van der Waals surface area contributed by atoms with E-state index in [0.29, 0.717) is 11.4 Å². The Morgan fingerprint density at radius 1 is 0.963 bits per heavy atom. The molecule has 1 aromatic rings. The van der Waals surface area contributed by atoms with Crippen molar-refractivity contribution < 1.29 is 19.1 Å². The average molecular weight is 416 g/mol. The second-order valence-electron chi connectivity index (χ2n) is 6.77. The number of aromatic amines is 1.